The number of halogens is 1. The van der Waals surface area contributed by atoms with Crippen molar-refractivity contribution in [1.82, 2.24) is 10.2 Å². The topological polar surface area (TPSA) is 41.6 Å². The lowest BCUT2D eigenvalue weighted by atomic mass is 10.1. The Bertz CT molecular complexity index is 695. The van der Waals surface area contributed by atoms with Crippen molar-refractivity contribution in [3.05, 3.63) is 56.7 Å². The maximum absolute atomic E-state index is 12.0. The predicted octanol–water partition coefficient (Wildman–Crippen LogP) is 3.95. The van der Waals surface area contributed by atoms with E-state index in [4.69, 9.17) is 4.74 Å². The molecule has 0 aliphatic carbocycles. The van der Waals surface area contributed by atoms with Gasteiger partial charge >= 0.3 is 0 Å². The molecule has 1 aromatic carbocycles. The van der Waals surface area contributed by atoms with E-state index in [2.05, 4.69) is 26.1 Å². The molecule has 0 radical (unpaired) electrons. The van der Waals surface area contributed by atoms with Gasteiger partial charge in [0, 0.05) is 17.5 Å². The molecule has 0 saturated heterocycles. The molecule has 4 nitrogen and oxygen atoms in total. The molecule has 6 heteroatoms. The molecule has 1 heterocycles. The number of benzene rings is 1. The van der Waals surface area contributed by atoms with E-state index >= 15 is 0 Å². The van der Waals surface area contributed by atoms with Gasteiger partial charge in [-0.25, -0.2) is 0 Å². The molecule has 1 N–H and O–H groups in total. The lowest BCUT2D eigenvalue weighted by molar-refractivity contribution is -0.116. The van der Waals surface area contributed by atoms with Crippen molar-refractivity contribution in [3.63, 3.8) is 0 Å². The molecule has 2 rings (SSSR count). The van der Waals surface area contributed by atoms with Crippen LogP contribution >= 0.6 is 27.3 Å². The highest BCUT2D eigenvalue weighted by Gasteiger charge is 2.14. The number of thiophene rings is 1. The lowest BCUT2D eigenvalue weighted by Crippen LogP contribution is -2.33. The van der Waals surface area contributed by atoms with E-state index in [9.17, 15) is 4.79 Å². The van der Waals surface area contributed by atoms with E-state index < -0.39 is 0 Å². The van der Waals surface area contributed by atoms with E-state index in [1.54, 1.807) is 24.5 Å². The molecule has 0 fully saturated rings. The fourth-order valence-corrected chi connectivity index (χ4v) is 3.58. The van der Waals surface area contributed by atoms with Gasteiger partial charge in [0.15, 0.2) is 0 Å². The summed E-state index contributed by atoms with van der Waals surface area (Å²) >= 11 is 5.00. The van der Waals surface area contributed by atoms with Gasteiger partial charge in [-0.3, -0.25) is 4.79 Å². The summed E-state index contributed by atoms with van der Waals surface area (Å²) in [7, 11) is 5.65. The number of rotatable bonds is 7. The number of hydrogen-bond donors (Lipinski definition) is 1. The van der Waals surface area contributed by atoms with Crippen LogP contribution in [0.4, 0.5) is 0 Å². The van der Waals surface area contributed by atoms with Gasteiger partial charge in [0.2, 0.25) is 5.91 Å². The Morgan fingerprint density at radius 2 is 2.00 bits per heavy atom. The zero-order chi connectivity index (χ0) is 17.5. The third-order valence-corrected chi connectivity index (χ3v) is 5.18. The summed E-state index contributed by atoms with van der Waals surface area (Å²) < 4.78 is 6.24. The standard InChI is InChI=1S/C18H21BrN2O2S/c1-21(2)16(13-4-6-14(23-3)7-5-13)12-20-18(22)11-9-15-8-10-17(19)24-15/h4-11,16H,12H2,1-3H3,(H,20,22)/b11-9+. The highest BCUT2D eigenvalue weighted by Crippen LogP contribution is 2.23. The van der Waals surface area contributed by atoms with Gasteiger partial charge in [-0.1, -0.05) is 12.1 Å². The summed E-state index contributed by atoms with van der Waals surface area (Å²) in [5.41, 5.74) is 1.13. The van der Waals surface area contributed by atoms with Gasteiger partial charge in [-0.2, -0.15) is 0 Å². The average Bonchev–Trinajstić information content (AvgIpc) is 2.99. The number of likely N-dealkylation sites (N-methyl/N-ethyl adjacent to an activating group) is 1. The zero-order valence-electron chi connectivity index (χ0n) is 14.0. The second-order valence-corrected chi connectivity index (χ2v) is 7.97. The molecule has 0 spiro atoms. The third kappa shape index (κ3) is 5.47. The predicted molar refractivity (Wildman–Crippen MR) is 103 cm³/mol. The first kappa shape index (κ1) is 18.7. The Hall–Kier alpha value is -1.63. The molecule has 0 saturated carbocycles. The van der Waals surface area contributed by atoms with E-state index in [0.717, 1.165) is 20.0 Å². The summed E-state index contributed by atoms with van der Waals surface area (Å²) in [4.78, 5) is 15.2. The highest BCUT2D eigenvalue weighted by molar-refractivity contribution is 9.11. The van der Waals surface area contributed by atoms with Crippen molar-refractivity contribution in [2.24, 2.45) is 0 Å². The molecule has 1 aromatic heterocycles. The molecule has 2 aromatic rings. The van der Waals surface area contributed by atoms with Crippen LogP contribution in [0.15, 0.2) is 46.3 Å². The third-order valence-electron chi connectivity index (χ3n) is 3.59. The highest BCUT2D eigenvalue weighted by atomic mass is 79.9. The van der Waals surface area contributed by atoms with Gasteiger partial charge < -0.3 is 15.0 Å². The molecular formula is C18H21BrN2O2S. The maximum Gasteiger partial charge on any atom is 0.244 e. The van der Waals surface area contributed by atoms with Crippen molar-refractivity contribution in [2.75, 3.05) is 27.7 Å². The van der Waals surface area contributed by atoms with Crippen LogP contribution in [0, 0.1) is 0 Å². The molecule has 128 valence electrons. The smallest absolute Gasteiger partial charge is 0.244 e. The molecular weight excluding hydrogens is 388 g/mol. The summed E-state index contributed by atoms with van der Waals surface area (Å²) in [6, 6.07) is 11.9. The summed E-state index contributed by atoms with van der Waals surface area (Å²) in [5.74, 6) is 0.727. The Labute approximate surface area is 155 Å². The molecule has 24 heavy (non-hydrogen) atoms. The molecule has 1 atom stereocenters. The first-order valence-corrected chi connectivity index (χ1v) is 9.12. The Morgan fingerprint density at radius 1 is 1.29 bits per heavy atom. The number of carbonyl (C=O) groups excluding carboxylic acids is 1. The van der Waals surface area contributed by atoms with Crippen molar-refractivity contribution >= 4 is 39.2 Å². The lowest BCUT2D eigenvalue weighted by Gasteiger charge is -2.25. The quantitative estimate of drug-likeness (QED) is 0.705. The Morgan fingerprint density at radius 3 is 2.54 bits per heavy atom. The van der Waals surface area contributed by atoms with Crippen LogP contribution in [0.2, 0.25) is 0 Å². The number of nitrogens with zero attached hydrogens (tertiary/aromatic N) is 1. The number of amides is 1. The Kier molecular flexibility index (Phi) is 7.02. The van der Waals surface area contributed by atoms with Gasteiger partial charge in [0.1, 0.15) is 5.75 Å². The largest absolute Gasteiger partial charge is 0.497 e. The van der Waals surface area contributed by atoms with E-state index in [1.807, 2.05) is 56.6 Å². The Balaban J connectivity index is 1.95. The average molecular weight is 409 g/mol. The minimum absolute atomic E-state index is 0.0973. The van der Waals surface area contributed by atoms with E-state index in [1.165, 1.54) is 0 Å². The van der Waals surface area contributed by atoms with Crippen LogP contribution in [0.1, 0.15) is 16.5 Å². The second-order valence-electron chi connectivity index (χ2n) is 5.47. The minimum atomic E-state index is -0.0973. The van der Waals surface area contributed by atoms with E-state index in [-0.39, 0.29) is 11.9 Å². The molecule has 0 aliphatic heterocycles. The van der Waals surface area contributed by atoms with E-state index in [0.29, 0.717) is 6.54 Å². The number of ether oxygens (including phenoxy) is 1. The fourth-order valence-electron chi connectivity index (χ4n) is 2.26. The normalized spacial score (nSPS) is 12.5. The van der Waals surface area contributed by atoms with Crippen LogP contribution in [0.3, 0.4) is 0 Å². The maximum atomic E-state index is 12.0. The van der Waals surface area contributed by atoms with Gasteiger partial charge in [0.25, 0.3) is 0 Å². The minimum Gasteiger partial charge on any atom is -0.497 e. The number of nitrogens with one attached hydrogen (secondary N) is 1. The van der Waals surface area contributed by atoms with Gasteiger partial charge in [-0.05, 0) is 65.9 Å². The van der Waals surface area contributed by atoms with Crippen molar-refractivity contribution in [2.45, 2.75) is 6.04 Å². The van der Waals surface area contributed by atoms with Crippen molar-refractivity contribution in [1.29, 1.82) is 0 Å². The first-order chi connectivity index (χ1) is 11.5. The van der Waals surface area contributed by atoms with Crippen LogP contribution in [0.25, 0.3) is 6.08 Å². The van der Waals surface area contributed by atoms with Crippen molar-refractivity contribution in [3.8, 4) is 5.75 Å². The molecule has 0 aliphatic rings. The number of carbonyl (C=O) groups is 1. The fraction of sp³-hybridized carbons (Fsp3) is 0.278. The number of methoxy groups -OCH3 is 1. The second kappa shape index (κ2) is 9.01. The van der Waals surface area contributed by atoms with Gasteiger partial charge in [-0.15, -0.1) is 11.3 Å². The summed E-state index contributed by atoms with van der Waals surface area (Å²) in [6.45, 7) is 0.538. The summed E-state index contributed by atoms with van der Waals surface area (Å²) in [5, 5.41) is 2.96. The first-order valence-electron chi connectivity index (χ1n) is 7.51. The van der Waals surface area contributed by atoms with Crippen LogP contribution in [-0.2, 0) is 4.79 Å². The van der Waals surface area contributed by atoms with Crippen LogP contribution < -0.4 is 10.1 Å². The van der Waals surface area contributed by atoms with Crippen molar-refractivity contribution < 1.29 is 9.53 Å². The molecule has 0 bridgehead atoms. The SMILES string of the molecule is COc1ccc(C(CNC(=O)/C=C/c2ccc(Br)s2)N(C)C)cc1. The molecule has 1 amide bonds. The monoisotopic (exact) mass is 408 g/mol. The summed E-state index contributed by atoms with van der Waals surface area (Å²) in [6.07, 6.45) is 3.39. The zero-order valence-corrected chi connectivity index (χ0v) is 16.4. The number of hydrogen-bond acceptors (Lipinski definition) is 4. The van der Waals surface area contributed by atoms with Crippen LogP contribution in [0.5, 0.6) is 5.75 Å². The van der Waals surface area contributed by atoms with Crippen LogP contribution in [-0.4, -0.2) is 38.6 Å². The molecule has 1 unspecified atom stereocenters. The van der Waals surface area contributed by atoms with Gasteiger partial charge in [0.05, 0.1) is 16.9 Å².